The maximum Gasteiger partial charge on any atom is 0.301 e. The summed E-state index contributed by atoms with van der Waals surface area (Å²) in [7, 11) is 1.57. The molecule has 0 spiro atoms. The van der Waals surface area contributed by atoms with Gasteiger partial charge in [-0.25, -0.2) is 4.98 Å². The summed E-state index contributed by atoms with van der Waals surface area (Å²) in [5.41, 5.74) is 3.68. The van der Waals surface area contributed by atoms with Crippen molar-refractivity contribution in [2.24, 2.45) is 0 Å². The molecule has 0 radical (unpaired) electrons. The first-order chi connectivity index (χ1) is 18.2. The Balaban J connectivity index is 1.69. The third-order valence-electron chi connectivity index (χ3n) is 6.42. The predicted octanol–water partition coefficient (Wildman–Crippen LogP) is 6.34. The van der Waals surface area contributed by atoms with Crippen molar-refractivity contribution in [2.75, 3.05) is 12.0 Å². The Hall–Kier alpha value is -4.17. The zero-order valence-corrected chi connectivity index (χ0v) is 22.6. The number of aliphatic hydroxyl groups is 1. The number of carbonyl (C=O) groups excluding carboxylic acids is 2. The molecule has 1 N–H and O–H groups in total. The molecule has 0 aliphatic carbocycles. The summed E-state index contributed by atoms with van der Waals surface area (Å²) in [6.45, 7) is 7.72. The van der Waals surface area contributed by atoms with Crippen molar-refractivity contribution in [1.29, 1.82) is 0 Å². The van der Waals surface area contributed by atoms with Gasteiger partial charge in [0.25, 0.3) is 5.78 Å². The number of hydrogen-bond acceptors (Lipinski definition) is 7. The standard InChI is InChI=1S/C30H28N2O5S/c1-16(2)37-21-10-7-19(8-11-21)26-25(27(33)20-9-13-23(36-5)18(4)15-20)28(34)29(35)32(26)30-31-22-12-6-17(3)14-24(22)38-30/h6-16,26,33H,1-5H3/b27-25+. The summed E-state index contributed by atoms with van der Waals surface area (Å²) < 4.78 is 12.0. The minimum atomic E-state index is -0.868. The molecule has 1 amide bonds. The van der Waals surface area contributed by atoms with Crippen LogP contribution in [-0.4, -0.2) is 35.0 Å². The maximum absolute atomic E-state index is 13.5. The van der Waals surface area contributed by atoms with E-state index in [9.17, 15) is 14.7 Å². The molecular weight excluding hydrogens is 500 g/mol. The number of aryl methyl sites for hydroxylation is 2. The number of aliphatic hydroxyl groups excluding tert-OH is 1. The van der Waals surface area contributed by atoms with Crippen LogP contribution in [0, 0.1) is 13.8 Å². The van der Waals surface area contributed by atoms with E-state index in [0.717, 1.165) is 21.3 Å². The van der Waals surface area contributed by atoms with Crippen LogP contribution < -0.4 is 14.4 Å². The molecule has 0 bridgehead atoms. The first-order valence-corrected chi connectivity index (χ1v) is 13.1. The summed E-state index contributed by atoms with van der Waals surface area (Å²) in [4.78, 5) is 33.1. The van der Waals surface area contributed by atoms with Gasteiger partial charge >= 0.3 is 5.91 Å². The van der Waals surface area contributed by atoms with Gasteiger partial charge in [-0.1, -0.05) is 29.5 Å². The Morgan fingerprint density at radius 2 is 1.76 bits per heavy atom. The van der Waals surface area contributed by atoms with Crippen molar-refractivity contribution in [1.82, 2.24) is 4.98 Å². The van der Waals surface area contributed by atoms with E-state index in [2.05, 4.69) is 4.98 Å². The largest absolute Gasteiger partial charge is 0.507 e. The van der Waals surface area contributed by atoms with Gasteiger partial charge in [-0.2, -0.15) is 0 Å². The van der Waals surface area contributed by atoms with Crippen LogP contribution in [0.15, 0.2) is 66.2 Å². The van der Waals surface area contributed by atoms with E-state index >= 15 is 0 Å². The number of benzene rings is 3. The topological polar surface area (TPSA) is 89.0 Å². The molecule has 1 aliphatic heterocycles. The normalized spacial score (nSPS) is 17.0. The number of fused-ring (bicyclic) bond motifs is 1. The van der Waals surface area contributed by atoms with E-state index in [0.29, 0.717) is 27.8 Å². The molecule has 4 aromatic rings. The molecular formula is C30H28N2O5S. The Labute approximate surface area is 225 Å². The first-order valence-electron chi connectivity index (χ1n) is 12.3. The Bertz CT molecular complexity index is 1590. The molecule has 1 saturated heterocycles. The minimum absolute atomic E-state index is 0.00370. The van der Waals surface area contributed by atoms with E-state index in [-0.39, 0.29) is 17.4 Å². The van der Waals surface area contributed by atoms with Gasteiger partial charge < -0.3 is 14.6 Å². The monoisotopic (exact) mass is 528 g/mol. The number of carbonyl (C=O) groups is 2. The maximum atomic E-state index is 13.5. The number of thiazole rings is 1. The zero-order chi connectivity index (χ0) is 27.1. The quantitative estimate of drug-likeness (QED) is 0.179. The number of nitrogens with zero attached hydrogens (tertiary/aromatic N) is 2. The summed E-state index contributed by atoms with van der Waals surface area (Å²) >= 11 is 1.34. The number of methoxy groups -OCH3 is 1. The van der Waals surface area contributed by atoms with Gasteiger partial charge in [-0.15, -0.1) is 0 Å². The molecule has 5 rings (SSSR count). The van der Waals surface area contributed by atoms with Crippen molar-refractivity contribution < 1.29 is 24.2 Å². The van der Waals surface area contributed by atoms with Crippen molar-refractivity contribution in [3.05, 3.63) is 88.5 Å². The number of hydrogen-bond donors (Lipinski definition) is 1. The zero-order valence-electron chi connectivity index (χ0n) is 21.8. The van der Waals surface area contributed by atoms with Crippen molar-refractivity contribution >= 4 is 44.1 Å². The number of rotatable bonds is 6. The first kappa shape index (κ1) is 25.5. The molecule has 8 heteroatoms. The van der Waals surface area contributed by atoms with Crippen LogP contribution in [0.3, 0.4) is 0 Å². The lowest BCUT2D eigenvalue weighted by Crippen LogP contribution is -2.29. The van der Waals surface area contributed by atoms with E-state index in [4.69, 9.17) is 9.47 Å². The number of aromatic nitrogens is 1. The second-order valence-corrected chi connectivity index (χ2v) is 10.6. The number of Topliss-reactive ketones (excluding diaryl/α,β-unsaturated/α-hetero) is 1. The molecule has 2 heterocycles. The average Bonchev–Trinajstić information content (AvgIpc) is 3.41. The van der Waals surface area contributed by atoms with Crippen LogP contribution in [0.25, 0.3) is 16.0 Å². The van der Waals surface area contributed by atoms with Gasteiger partial charge in [-0.05, 0) is 86.8 Å². The fraction of sp³-hybridized carbons (Fsp3) is 0.233. The molecule has 1 aromatic heterocycles. The summed E-state index contributed by atoms with van der Waals surface area (Å²) in [6.07, 6.45) is -0.00370. The fourth-order valence-corrected chi connectivity index (χ4v) is 5.74. The summed E-state index contributed by atoms with van der Waals surface area (Å²) in [6, 6.07) is 17.3. The number of anilines is 1. The highest BCUT2D eigenvalue weighted by Crippen LogP contribution is 2.45. The van der Waals surface area contributed by atoms with E-state index in [1.54, 1.807) is 37.4 Å². The predicted molar refractivity (Wildman–Crippen MR) is 149 cm³/mol. The van der Waals surface area contributed by atoms with E-state index < -0.39 is 17.7 Å². The van der Waals surface area contributed by atoms with Crippen molar-refractivity contribution in [2.45, 2.75) is 39.8 Å². The lowest BCUT2D eigenvalue weighted by atomic mass is 9.95. The minimum Gasteiger partial charge on any atom is -0.507 e. The molecule has 7 nitrogen and oxygen atoms in total. The van der Waals surface area contributed by atoms with Crippen molar-refractivity contribution in [3.63, 3.8) is 0 Å². The number of ether oxygens (including phenoxy) is 2. The Morgan fingerprint density at radius 1 is 1.03 bits per heavy atom. The van der Waals surface area contributed by atoms with Gasteiger partial charge in [0, 0.05) is 5.56 Å². The Morgan fingerprint density at radius 3 is 2.42 bits per heavy atom. The smallest absolute Gasteiger partial charge is 0.301 e. The van der Waals surface area contributed by atoms with Gasteiger partial charge in [0.1, 0.15) is 17.3 Å². The third kappa shape index (κ3) is 4.52. The second kappa shape index (κ2) is 9.95. The van der Waals surface area contributed by atoms with Crippen LogP contribution in [-0.2, 0) is 9.59 Å². The highest BCUT2D eigenvalue weighted by atomic mass is 32.1. The molecule has 38 heavy (non-hydrogen) atoms. The highest BCUT2D eigenvalue weighted by molar-refractivity contribution is 7.22. The van der Waals surface area contributed by atoms with Gasteiger partial charge in [0.15, 0.2) is 5.13 Å². The average molecular weight is 529 g/mol. The third-order valence-corrected chi connectivity index (χ3v) is 7.44. The number of ketones is 1. The molecule has 1 fully saturated rings. The van der Waals surface area contributed by atoms with Gasteiger partial charge in [0.05, 0.1) is 35.0 Å². The lowest BCUT2D eigenvalue weighted by molar-refractivity contribution is -0.132. The van der Waals surface area contributed by atoms with Crippen molar-refractivity contribution in [3.8, 4) is 11.5 Å². The molecule has 1 aliphatic rings. The molecule has 0 saturated carbocycles. The van der Waals surface area contributed by atoms with Crippen LogP contribution in [0.5, 0.6) is 11.5 Å². The second-order valence-electron chi connectivity index (χ2n) is 9.56. The highest BCUT2D eigenvalue weighted by Gasteiger charge is 2.48. The van der Waals surface area contributed by atoms with E-state index in [1.807, 2.05) is 58.0 Å². The van der Waals surface area contributed by atoms with Gasteiger partial charge in [0.2, 0.25) is 0 Å². The molecule has 194 valence electrons. The van der Waals surface area contributed by atoms with Crippen LogP contribution in [0.1, 0.15) is 42.1 Å². The fourth-order valence-electron chi connectivity index (χ4n) is 4.65. The van der Waals surface area contributed by atoms with Gasteiger partial charge in [-0.3, -0.25) is 14.5 Å². The van der Waals surface area contributed by atoms with Crippen LogP contribution in [0.2, 0.25) is 0 Å². The van der Waals surface area contributed by atoms with Crippen LogP contribution in [0.4, 0.5) is 5.13 Å². The summed E-state index contributed by atoms with van der Waals surface area (Å²) in [5, 5.41) is 11.8. The molecule has 1 atom stereocenters. The molecule has 3 aromatic carbocycles. The number of amides is 1. The molecule has 1 unspecified atom stereocenters. The Kier molecular flexibility index (Phi) is 6.67. The van der Waals surface area contributed by atoms with E-state index in [1.165, 1.54) is 16.2 Å². The lowest BCUT2D eigenvalue weighted by Gasteiger charge is -2.23. The van der Waals surface area contributed by atoms with Crippen LogP contribution >= 0.6 is 11.3 Å². The SMILES string of the molecule is COc1ccc(/C(O)=C2\C(=O)C(=O)N(c3nc4ccc(C)cc4s3)C2c2ccc(OC(C)C)cc2)cc1C. The summed E-state index contributed by atoms with van der Waals surface area (Å²) in [5.74, 6) is -0.425.